The predicted molar refractivity (Wildman–Crippen MR) is 87.8 cm³/mol. The summed E-state index contributed by atoms with van der Waals surface area (Å²) in [5.41, 5.74) is 7.96. The summed E-state index contributed by atoms with van der Waals surface area (Å²) in [6.07, 6.45) is 1.44. The first kappa shape index (κ1) is 16.0. The Balaban J connectivity index is 2.08. The molecule has 1 aromatic rings. The van der Waals surface area contributed by atoms with Crippen molar-refractivity contribution in [2.75, 3.05) is 17.7 Å². The average Bonchev–Trinajstić information content (AvgIpc) is 2.41. The van der Waals surface area contributed by atoms with E-state index in [4.69, 9.17) is 15.2 Å². The van der Waals surface area contributed by atoms with Gasteiger partial charge in [-0.25, -0.2) is 0 Å². The minimum atomic E-state index is 0.108. The van der Waals surface area contributed by atoms with E-state index in [1.54, 1.807) is 0 Å². The lowest BCUT2D eigenvalue weighted by Crippen LogP contribution is -2.58. The first-order valence-electron chi connectivity index (χ1n) is 7.79. The lowest BCUT2D eigenvalue weighted by Gasteiger charge is -2.52. The molecule has 0 amide bonds. The largest absolute Gasteiger partial charge is 0.489 e. The maximum atomic E-state index is 6.22. The van der Waals surface area contributed by atoms with Crippen molar-refractivity contribution in [2.45, 2.75) is 59.3 Å². The number of nitrogens with one attached hydrogen (secondary N) is 1. The number of ether oxygens (including phenoxy) is 2. The third-order valence-electron chi connectivity index (χ3n) is 4.30. The number of para-hydroxylation sites is 1. The molecule has 21 heavy (non-hydrogen) atoms. The lowest BCUT2D eigenvalue weighted by atomic mass is 9.64. The minimum Gasteiger partial charge on any atom is -0.489 e. The molecule has 1 aromatic carbocycles. The molecule has 0 saturated heterocycles. The summed E-state index contributed by atoms with van der Waals surface area (Å²) < 4.78 is 11.5. The van der Waals surface area contributed by atoms with Crippen molar-refractivity contribution >= 4 is 11.4 Å². The number of benzene rings is 1. The Morgan fingerprint density at radius 1 is 1.38 bits per heavy atom. The molecule has 1 aliphatic carbocycles. The van der Waals surface area contributed by atoms with Crippen LogP contribution in [0.15, 0.2) is 18.2 Å². The zero-order valence-corrected chi connectivity index (χ0v) is 13.8. The molecular formula is C17H28N2O2. The highest BCUT2D eigenvalue weighted by Gasteiger charge is 2.49. The first-order chi connectivity index (χ1) is 9.86. The van der Waals surface area contributed by atoms with Crippen LogP contribution in [0.5, 0.6) is 5.75 Å². The predicted octanol–water partition coefficient (Wildman–Crippen LogP) is 3.67. The van der Waals surface area contributed by atoms with Crippen LogP contribution < -0.4 is 15.8 Å². The van der Waals surface area contributed by atoms with Gasteiger partial charge in [0.2, 0.25) is 0 Å². The monoisotopic (exact) mass is 292 g/mol. The molecule has 2 atom stereocenters. The van der Waals surface area contributed by atoms with Crippen molar-refractivity contribution in [2.24, 2.45) is 5.41 Å². The van der Waals surface area contributed by atoms with Gasteiger partial charge < -0.3 is 20.5 Å². The summed E-state index contributed by atoms with van der Waals surface area (Å²) in [5.74, 6) is 0.744. The second kappa shape index (κ2) is 6.14. The molecule has 0 spiro atoms. The Hall–Kier alpha value is -1.42. The second-order valence-electron chi connectivity index (χ2n) is 6.58. The quantitative estimate of drug-likeness (QED) is 0.785. The summed E-state index contributed by atoms with van der Waals surface area (Å²) >= 11 is 0. The Labute approximate surface area is 128 Å². The summed E-state index contributed by atoms with van der Waals surface area (Å²) in [7, 11) is 0. The van der Waals surface area contributed by atoms with Crippen molar-refractivity contribution in [3.05, 3.63) is 18.2 Å². The van der Waals surface area contributed by atoms with Gasteiger partial charge in [-0.15, -0.1) is 0 Å². The summed E-state index contributed by atoms with van der Waals surface area (Å²) in [5, 5.41) is 3.55. The Bertz CT molecular complexity index is 486. The van der Waals surface area contributed by atoms with Crippen LogP contribution in [0, 0.1) is 5.41 Å². The molecule has 1 saturated carbocycles. The van der Waals surface area contributed by atoms with Gasteiger partial charge >= 0.3 is 0 Å². The van der Waals surface area contributed by atoms with Crippen LogP contribution in [0.2, 0.25) is 0 Å². The van der Waals surface area contributed by atoms with E-state index in [1.807, 2.05) is 39.0 Å². The fourth-order valence-corrected chi connectivity index (χ4v) is 2.83. The van der Waals surface area contributed by atoms with Crippen molar-refractivity contribution < 1.29 is 9.47 Å². The summed E-state index contributed by atoms with van der Waals surface area (Å²) in [4.78, 5) is 0. The maximum Gasteiger partial charge on any atom is 0.144 e. The molecule has 0 aromatic heterocycles. The van der Waals surface area contributed by atoms with Gasteiger partial charge in [0.25, 0.3) is 0 Å². The van der Waals surface area contributed by atoms with E-state index < -0.39 is 0 Å². The van der Waals surface area contributed by atoms with Crippen LogP contribution in [0.4, 0.5) is 11.4 Å². The fourth-order valence-electron chi connectivity index (χ4n) is 2.83. The first-order valence-corrected chi connectivity index (χ1v) is 7.79. The molecule has 0 aliphatic heterocycles. The molecule has 3 N–H and O–H groups in total. The molecule has 0 heterocycles. The number of nitrogen functional groups attached to an aromatic ring is 1. The van der Waals surface area contributed by atoms with E-state index in [0.717, 1.165) is 24.5 Å². The van der Waals surface area contributed by atoms with Crippen molar-refractivity contribution in [3.8, 4) is 5.75 Å². The molecule has 2 unspecified atom stereocenters. The highest BCUT2D eigenvalue weighted by molar-refractivity contribution is 5.73. The molecule has 4 nitrogen and oxygen atoms in total. The van der Waals surface area contributed by atoms with E-state index >= 15 is 0 Å². The molecule has 0 bridgehead atoms. The van der Waals surface area contributed by atoms with Gasteiger partial charge in [-0.05, 0) is 39.3 Å². The number of rotatable bonds is 6. The number of hydrogen-bond donors (Lipinski definition) is 2. The number of nitrogens with two attached hydrogens (primary N) is 1. The van der Waals surface area contributed by atoms with Gasteiger partial charge in [-0.1, -0.05) is 19.9 Å². The smallest absolute Gasteiger partial charge is 0.144 e. The van der Waals surface area contributed by atoms with Gasteiger partial charge in [-0.3, -0.25) is 0 Å². The topological polar surface area (TPSA) is 56.5 Å². The standard InChI is InChI=1S/C17H28N2O2/c1-6-20-15-10-14(17(15,4)5)19-12-8-7-9-13(16(12)18)21-11(2)3/h7-9,11,14-15,19H,6,10,18H2,1-5H3. The Morgan fingerprint density at radius 2 is 2.10 bits per heavy atom. The maximum absolute atomic E-state index is 6.22. The van der Waals surface area contributed by atoms with Crippen LogP contribution >= 0.6 is 0 Å². The van der Waals surface area contributed by atoms with E-state index in [0.29, 0.717) is 17.8 Å². The Kier molecular flexibility index (Phi) is 4.67. The van der Waals surface area contributed by atoms with Gasteiger partial charge in [0.1, 0.15) is 5.75 Å². The molecule has 118 valence electrons. The lowest BCUT2D eigenvalue weighted by molar-refractivity contribution is -0.0975. The molecule has 1 aliphatic rings. The van der Waals surface area contributed by atoms with Crippen LogP contribution in [0.1, 0.15) is 41.0 Å². The average molecular weight is 292 g/mol. The van der Waals surface area contributed by atoms with Crippen molar-refractivity contribution in [1.82, 2.24) is 0 Å². The highest BCUT2D eigenvalue weighted by atomic mass is 16.5. The zero-order chi connectivity index (χ0) is 15.6. The second-order valence-corrected chi connectivity index (χ2v) is 6.58. The van der Waals surface area contributed by atoms with E-state index in [2.05, 4.69) is 19.2 Å². The van der Waals surface area contributed by atoms with E-state index in [9.17, 15) is 0 Å². The third kappa shape index (κ3) is 3.26. The summed E-state index contributed by atoms with van der Waals surface area (Å²) in [6.45, 7) is 11.3. The van der Waals surface area contributed by atoms with Gasteiger partial charge in [0, 0.05) is 18.1 Å². The molecule has 2 rings (SSSR count). The summed E-state index contributed by atoms with van der Waals surface area (Å²) in [6, 6.07) is 6.26. The minimum absolute atomic E-state index is 0.108. The van der Waals surface area contributed by atoms with Crippen LogP contribution in [0.3, 0.4) is 0 Å². The molecule has 4 heteroatoms. The van der Waals surface area contributed by atoms with Crippen LogP contribution in [-0.4, -0.2) is 24.9 Å². The van der Waals surface area contributed by atoms with Gasteiger partial charge in [-0.2, -0.15) is 0 Å². The van der Waals surface area contributed by atoms with Gasteiger partial charge in [0.15, 0.2) is 0 Å². The molecule has 0 radical (unpaired) electrons. The third-order valence-corrected chi connectivity index (χ3v) is 4.30. The van der Waals surface area contributed by atoms with Crippen molar-refractivity contribution in [1.29, 1.82) is 0 Å². The SMILES string of the molecule is CCOC1CC(Nc2cccc(OC(C)C)c2N)C1(C)C. The number of anilines is 2. The normalized spacial score (nSPS) is 23.7. The van der Waals surface area contributed by atoms with Crippen LogP contribution in [0.25, 0.3) is 0 Å². The molecule has 1 fully saturated rings. The highest BCUT2D eigenvalue weighted by Crippen LogP contribution is 2.45. The zero-order valence-electron chi connectivity index (χ0n) is 13.8. The van der Waals surface area contributed by atoms with E-state index in [-0.39, 0.29) is 11.5 Å². The number of hydrogen-bond acceptors (Lipinski definition) is 4. The van der Waals surface area contributed by atoms with E-state index in [1.165, 1.54) is 0 Å². The fraction of sp³-hybridized carbons (Fsp3) is 0.647. The molecular weight excluding hydrogens is 264 g/mol. The van der Waals surface area contributed by atoms with Gasteiger partial charge in [0.05, 0.1) is 23.6 Å². The Morgan fingerprint density at radius 3 is 2.67 bits per heavy atom. The van der Waals surface area contributed by atoms with Crippen molar-refractivity contribution in [3.63, 3.8) is 0 Å². The van der Waals surface area contributed by atoms with Crippen LogP contribution in [-0.2, 0) is 4.74 Å².